The molecule has 2 aromatic carbocycles. The van der Waals surface area contributed by atoms with E-state index in [1.807, 2.05) is 31.3 Å². The molecule has 0 amide bonds. The molecule has 2 aromatic rings. The Morgan fingerprint density at radius 2 is 1.80 bits per heavy atom. The summed E-state index contributed by atoms with van der Waals surface area (Å²) in [5.74, 6) is -0.178. The highest BCUT2D eigenvalue weighted by atomic mass is 19.1. The van der Waals surface area contributed by atoms with E-state index in [0.29, 0.717) is 12.1 Å². The Hall–Kier alpha value is -1.87. The van der Waals surface area contributed by atoms with Gasteiger partial charge in [0.15, 0.2) is 0 Å². The fourth-order valence-corrected chi connectivity index (χ4v) is 2.52. The molecule has 1 atom stereocenters. The zero-order valence-electron chi connectivity index (χ0n) is 12.2. The smallest absolute Gasteiger partial charge is 0.126 e. The summed E-state index contributed by atoms with van der Waals surface area (Å²) in [4.78, 5) is 2.15. The zero-order chi connectivity index (χ0) is 14.7. The van der Waals surface area contributed by atoms with Crippen molar-refractivity contribution in [3.8, 4) is 0 Å². The average Bonchev–Trinajstić information content (AvgIpc) is 2.44. The van der Waals surface area contributed by atoms with Crippen LogP contribution in [0.5, 0.6) is 0 Å². The van der Waals surface area contributed by atoms with Crippen LogP contribution in [0.1, 0.15) is 22.7 Å². The van der Waals surface area contributed by atoms with Crippen LogP contribution in [-0.4, -0.2) is 13.6 Å². The van der Waals surface area contributed by atoms with E-state index >= 15 is 0 Å². The lowest BCUT2D eigenvalue weighted by Gasteiger charge is -2.31. The lowest BCUT2D eigenvalue weighted by molar-refractivity contribution is 0.613. The number of rotatable bonds is 4. The fraction of sp³-hybridized carbons (Fsp3) is 0.294. The molecule has 0 aliphatic heterocycles. The van der Waals surface area contributed by atoms with Gasteiger partial charge in [0, 0.05) is 19.3 Å². The third-order valence-corrected chi connectivity index (χ3v) is 3.75. The average molecular weight is 272 g/mol. The maximum atomic E-state index is 13.4. The first-order valence-electron chi connectivity index (χ1n) is 6.79. The maximum Gasteiger partial charge on any atom is 0.126 e. The van der Waals surface area contributed by atoms with Gasteiger partial charge in [-0.3, -0.25) is 0 Å². The molecule has 0 spiro atoms. The van der Waals surface area contributed by atoms with Crippen LogP contribution >= 0.6 is 0 Å². The number of nitrogens with two attached hydrogens (primary N) is 1. The molecule has 0 bridgehead atoms. The van der Waals surface area contributed by atoms with Crippen molar-refractivity contribution in [2.75, 3.05) is 18.5 Å². The molecule has 0 radical (unpaired) electrons. The van der Waals surface area contributed by atoms with Crippen molar-refractivity contribution in [2.45, 2.75) is 19.9 Å². The van der Waals surface area contributed by atoms with Crippen LogP contribution in [0.3, 0.4) is 0 Å². The van der Waals surface area contributed by atoms with E-state index in [-0.39, 0.29) is 11.9 Å². The highest BCUT2D eigenvalue weighted by Gasteiger charge is 2.17. The molecule has 3 heteroatoms. The Bertz CT molecular complexity index is 595. The van der Waals surface area contributed by atoms with Crippen molar-refractivity contribution >= 4 is 5.69 Å². The van der Waals surface area contributed by atoms with E-state index in [1.165, 1.54) is 11.6 Å². The van der Waals surface area contributed by atoms with E-state index in [9.17, 15) is 4.39 Å². The Kier molecular flexibility index (Phi) is 4.40. The van der Waals surface area contributed by atoms with Gasteiger partial charge in [-0.1, -0.05) is 30.3 Å². The Morgan fingerprint density at radius 3 is 2.40 bits per heavy atom. The van der Waals surface area contributed by atoms with E-state index in [1.54, 1.807) is 6.92 Å². The molecule has 1 unspecified atom stereocenters. The summed E-state index contributed by atoms with van der Waals surface area (Å²) in [6.07, 6.45) is 0. The van der Waals surface area contributed by atoms with Crippen LogP contribution in [-0.2, 0) is 0 Å². The third-order valence-electron chi connectivity index (χ3n) is 3.75. The van der Waals surface area contributed by atoms with Gasteiger partial charge in [0.2, 0.25) is 0 Å². The van der Waals surface area contributed by atoms with Gasteiger partial charge in [-0.05, 0) is 42.7 Å². The van der Waals surface area contributed by atoms with Gasteiger partial charge >= 0.3 is 0 Å². The lowest BCUT2D eigenvalue weighted by atomic mass is 10.0. The standard InChI is InChI=1S/C17H21FN2/c1-12-6-4-5-7-16(12)20(3)17(11-19)14-8-9-15(18)13(2)10-14/h4-10,17H,11,19H2,1-3H3. The SMILES string of the molecule is Cc1cc(C(CN)N(C)c2ccccc2C)ccc1F. The molecule has 2 rings (SSSR count). The molecular weight excluding hydrogens is 251 g/mol. The molecule has 0 aromatic heterocycles. The number of para-hydroxylation sites is 1. The lowest BCUT2D eigenvalue weighted by Crippen LogP contribution is -2.31. The Labute approximate surface area is 120 Å². The third kappa shape index (κ3) is 2.83. The van der Waals surface area contributed by atoms with Crippen LogP contribution in [0.4, 0.5) is 10.1 Å². The van der Waals surface area contributed by atoms with Gasteiger partial charge in [0.05, 0.1) is 6.04 Å². The number of aryl methyl sites for hydroxylation is 2. The largest absolute Gasteiger partial charge is 0.366 e. The van der Waals surface area contributed by atoms with E-state index < -0.39 is 0 Å². The molecule has 0 fully saturated rings. The van der Waals surface area contributed by atoms with E-state index in [2.05, 4.69) is 24.0 Å². The Balaban J connectivity index is 2.36. The van der Waals surface area contributed by atoms with Crippen LogP contribution in [0.15, 0.2) is 42.5 Å². The summed E-state index contributed by atoms with van der Waals surface area (Å²) >= 11 is 0. The number of nitrogens with zero attached hydrogens (tertiary/aromatic N) is 1. The summed E-state index contributed by atoms with van der Waals surface area (Å²) in [6, 6.07) is 13.4. The Morgan fingerprint density at radius 1 is 1.10 bits per heavy atom. The van der Waals surface area contributed by atoms with E-state index in [4.69, 9.17) is 5.73 Å². The first-order valence-corrected chi connectivity index (χ1v) is 6.79. The van der Waals surface area contributed by atoms with E-state index in [0.717, 1.165) is 11.3 Å². The van der Waals surface area contributed by atoms with Crippen LogP contribution in [0, 0.1) is 19.7 Å². The quantitative estimate of drug-likeness (QED) is 0.921. The van der Waals surface area contributed by atoms with Gasteiger partial charge in [-0.15, -0.1) is 0 Å². The molecule has 2 nitrogen and oxygen atoms in total. The number of halogens is 1. The highest BCUT2D eigenvalue weighted by Crippen LogP contribution is 2.28. The molecule has 0 heterocycles. The first kappa shape index (κ1) is 14.5. The van der Waals surface area contributed by atoms with Crippen molar-refractivity contribution in [2.24, 2.45) is 5.73 Å². The van der Waals surface area contributed by atoms with Crippen molar-refractivity contribution in [1.82, 2.24) is 0 Å². The topological polar surface area (TPSA) is 29.3 Å². The minimum absolute atomic E-state index is 0.0374. The molecule has 2 N–H and O–H groups in total. The summed E-state index contributed by atoms with van der Waals surface area (Å²) in [7, 11) is 2.03. The molecule has 106 valence electrons. The van der Waals surface area contributed by atoms with Gasteiger partial charge in [-0.25, -0.2) is 4.39 Å². The van der Waals surface area contributed by atoms with Gasteiger partial charge in [0.1, 0.15) is 5.82 Å². The number of benzene rings is 2. The summed E-state index contributed by atoms with van der Waals surface area (Å²) in [5, 5.41) is 0. The summed E-state index contributed by atoms with van der Waals surface area (Å²) < 4.78 is 13.4. The van der Waals surface area contributed by atoms with Crippen LogP contribution < -0.4 is 10.6 Å². The maximum absolute atomic E-state index is 13.4. The van der Waals surface area contributed by atoms with Gasteiger partial charge in [-0.2, -0.15) is 0 Å². The molecule has 20 heavy (non-hydrogen) atoms. The molecular formula is C17H21FN2. The summed E-state index contributed by atoms with van der Waals surface area (Å²) in [6.45, 7) is 4.34. The van der Waals surface area contributed by atoms with Crippen LogP contribution in [0.2, 0.25) is 0 Å². The number of likely N-dealkylation sites (N-methyl/N-ethyl adjacent to an activating group) is 1. The highest BCUT2D eigenvalue weighted by molar-refractivity contribution is 5.54. The minimum atomic E-state index is -0.178. The number of hydrogen-bond donors (Lipinski definition) is 1. The van der Waals surface area contributed by atoms with Crippen molar-refractivity contribution < 1.29 is 4.39 Å². The fourth-order valence-electron chi connectivity index (χ4n) is 2.52. The monoisotopic (exact) mass is 272 g/mol. The predicted molar refractivity (Wildman–Crippen MR) is 82.5 cm³/mol. The molecule has 0 aliphatic rings. The summed E-state index contributed by atoms with van der Waals surface area (Å²) in [5.41, 5.74) is 9.98. The van der Waals surface area contributed by atoms with Crippen molar-refractivity contribution in [3.63, 3.8) is 0 Å². The second-order valence-electron chi connectivity index (χ2n) is 5.16. The van der Waals surface area contributed by atoms with Crippen molar-refractivity contribution in [1.29, 1.82) is 0 Å². The van der Waals surface area contributed by atoms with Gasteiger partial charge in [0.25, 0.3) is 0 Å². The molecule has 0 aliphatic carbocycles. The minimum Gasteiger partial charge on any atom is -0.366 e. The predicted octanol–water partition coefficient (Wildman–Crippen LogP) is 3.58. The molecule has 0 saturated heterocycles. The zero-order valence-corrected chi connectivity index (χ0v) is 12.2. The second-order valence-corrected chi connectivity index (χ2v) is 5.16. The number of hydrogen-bond acceptors (Lipinski definition) is 2. The second kappa shape index (κ2) is 6.06. The van der Waals surface area contributed by atoms with Gasteiger partial charge < -0.3 is 10.6 Å². The van der Waals surface area contributed by atoms with Crippen molar-refractivity contribution in [3.05, 3.63) is 65.0 Å². The molecule has 0 saturated carbocycles. The van der Waals surface area contributed by atoms with Crippen LogP contribution in [0.25, 0.3) is 0 Å². The first-order chi connectivity index (χ1) is 9.54. The normalized spacial score (nSPS) is 12.2. The number of anilines is 1.